The Labute approximate surface area is 226 Å². The van der Waals surface area contributed by atoms with Gasteiger partial charge in [-0.15, -0.1) is 5.10 Å². The van der Waals surface area contributed by atoms with Crippen LogP contribution < -0.4 is 14.8 Å². The Balaban J connectivity index is 1.33. The van der Waals surface area contributed by atoms with Crippen molar-refractivity contribution in [2.24, 2.45) is 5.92 Å². The predicted octanol–water partition coefficient (Wildman–Crippen LogP) is 4.55. The van der Waals surface area contributed by atoms with Crippen molar-refractivity contribution < 1.29 is 19.1 Å². The van der Waals surface area contributed by atoms with Gasteiger partial charge in [-0.3, -0.25) is 9.59 Å². The number of ether oxygens (including phenoxy) is 2. The predicted molar refractivity (Wildman–Crippen MR) is 146 cm³/mol. The fourth-order valence-corrected chi connectivity index (χ4v) is 5.28. The van der Waals surface area contributed by atoms with E-state index in [1.165, 1.54) is 0 Å². The number of carbonyl (C=O) groups excluding carboxylic acids is 2. The van der Waals surface area contributed by atoms with Gasteiger partial charge in [0.1, 0.15) is 18.1 Å². The lowest BCUT2D eigenvalue weighted by atomic mass is 9.85. The SMILES string of the molecule is O=C(Nc1ccc2c(c1)OCO2)C(C1CC=CCC1)N(Cc1ccccc1)C(=O)Cn1nnc2ccccc21. The largest absolute Gasteiger partial charge is 0.454 e. The molecule has 4 aromatic rings. The second-order valence-corrected chi connectivity index (χ2v) is 9.79. The number of carbonyl (C=O) groups is 2. The van der Waals surface area contributed by atoms with Crippen molar-refractivity contribution in [2.75, 3.05) is 12.1 Å². The number of para-hydroxylation sites is 1. The molecule has 0 bridgehead atoms. The molecule has 0 radical (unpaired) electrons. The highest BCUT2D eigenvalue weighted by molar-refractivity contribution is 5.98. The molecule has 1 aliphatic carbocycles. The van der Waals surface area contributed by atoms with E-state index in [-0.39, 0.29) is 31.1 Å². The third-order valence-electron chi connectivity index (χ3n) is 7.22. The van der Waals surface area contributed by atoms with Crippen LogP contribution in [0.2, 0.25) is 0 Å². The van der Waals surface area contributed by atoms with Crippen LogP contribution in [0.3, 0.4) is 0 Å². The molecule has 9 heteroatoms. The number of nitrogens with one attached hydrogen (secondary N) is 1. The number of anilines is 1. The van der Waals surface area contributed by atoms with E-state index in [2.05, 4.69) is 27.8 Å². The number of nitrogens with zero attached hydrogens (tertiary/aromatic N) is 4. The zero-order chi connectivity index (χ0) is 26.6. The monoisotopic (exact) mass is 523 g/mol. The van der Waals surface area contributed by atoms with Gasteiger partial charge in [0.25, 0.3) is 0 Å². The van der Waals surface area contributed by atoms with E-state index in [1.54, 1.807) is 27.8 Å². The highest BCUT2D eigenvalue weighted by Gasteiger charge is 2.37. The van der Waals surface area contributed by atoms with Crippen molar-refractivity contribution in [3.05, 3.63) is 90.5 Å². The Morgan fingerprint density at radius 1 is 1.00 bits per heavy atom. The second-order valence-electron chi connectivity index (χ2n) is 9.79. The number of hydrogen-bond donors (Lipinski definition) is 1. The molecule has 1 aromatic heterocycles. The third-order valence-corrected chi connectivity index (χ3v) is 7.22. The zero-order valence-electron chi connectivity index (χ0n) is 21.4. The summed E-state index contributed by atoms with van der Waals surface area (Å²) in [4.78, 5) is 29.8. The van der Waals surface area contributed by atoms with E-state index >= 15 is 0 Å². The molecule has 0 fully saturated rings. The summed E-state index contributed by atoms with van der Waals surface area (Å²) in [5, 5.41) is 11.5. The van der Waals surface area contributed by atoms with Gasteiger partial charge in [0, 0.05) is 18.3 Å². The van der Waals surface area contributed by atoms with Crippen molar-refractivity contribution in [1.82, 2.24) is 19.9 Å². The molecule has 2 unspecified atom stereocenters. The minimum atomic E-state index is -0.692. The summed E-state index contributed by atoms with van der Waals surface area (Å²) in [5.41, 5.74) is 3.03. The Bertz CT molecular complexity index is 1520. The molecule has 2 heterocycles. The normalized spacial score (nSPS) is 16.7. The van der Waals surface area contributed by atoms with Crippen LogP contribution in [0.25, 0.3) is 11.0 Å². The molecule has 2 atom stereocenters. The maximum atomic E-state index is 14.1. The molecule has 0 saturated heterocycles. The highest BCUT2D eigenvalue weighted by atomic mass is 16.7. The molecule has 39 heavy (non-hydrogen) atoms. The Morgan fingerprint density at radius 2 is 1.82 bits per heavy atom. The van der Waals surface area contributed by atoms with Gasteiger partial charge in [0.2, 0.25) is 18.6 Å². The summed E-state index contributed by atoms with van der Waals surface area (Å²) in [6.07, 6.45) is 6.61. The molecule has 3 aromatic carbocycles. The number of allylic oxidation sites excluding steroid dienone is 2. The molecule has 2 aliphatic rings. The van der Waals surface area contributed by atoms with Crippen molar-refractivity contribution in [1.29, 1.82) is 0 Å². The average molecular weight is 524 g/mol. The summed E-state index contributed by atoms with van der Waals surface area (Å²) in [5.74, 6) is 0.754. The summed E-state index contributed by atoms with van der Waals surface area (Å²) in [7, 11) is 0. The molecular weight excluding hydrogens is 494 g/mol. The van der Waals surface area contributed by atoms with Gasteiger partial charge < -0.3 is 19.7 Å². The lowest BCUT2D eigenvalue weighted by Crippen LogP contribution is -2.52. The van der Waals surface area contributed by atoms with Gasteiger partial charge in [-0.05, 0) is 55.0 Å². The first kappa shape index (κ1) is 24.7. The van der Waals surface area contributed by atoms with Gasteiger partial charge in [0.05, 0.1) is 5.52 Å². The summed E-state index contributed by atoms with van der Waals surface area (Å²) in [6.45, 7) is 0.426. The minimum Gasteiger partial charge on any atom is -0.454 e. The van der Waals surface area contributed by atoms with Crippen LogP contribution >= 0.6 is 0 Å². The van der Waals surface area contributed by atoms with E-state index in [0.29, 0.717) is 30.2 Å². The van der Waals surface area contributed by atoms with E-state index in [4.69, 9.17) is 9.47 Å². The standard InChI is InChI=1S/C30H29N5O4/c36-28(19-35-25-14-8-7-13-24(25)32-33-35)34(18-21-9-3-1-4-10-21)29(22-11-5-2-6-12-22)30(37)31-23-15-16-26-27(17-23)39-20-38-26/h1-5,7-10,13-17,22,29H,6,11-12,18-20H2,(H,31,37). The van der Waals surface area contributed by atoms with Gasteiger partial charge >= 0.3 is 0 Å². The number of hydrogen-bond acceptors (Lipinski definition) is 6. The Hall–Kier alpha value is -4.66. The number of aromatic nitrogens is 3. The van der Waals surface area contributed by atoms with E-state index < -0.39 is 6.04 Å². The smallest absolute Gasteiger partial charge is 0.247 e. The topological polar surface area (TPSA) is 98.6 Å². The lowest BCUT2D eigenvalue weighted by molar-refractivity contribution is -0.142. The zero-order valence-corrected chi connectivity index (χ0v) is 21.4. The van der Waals surface area contributed by atoms with Crippen LogP contribution in [0.4, 0.5) is 5.69 Å². The van der Waals surface area contributed by atoms with Crippen LogP contribution in [0.5, 0.6) is 11.5 Å². The molecule has 1 N–H and O–H groups in total. The van der Waals surface area contributed by atoms with Crippen LogP contribution in [-0.2, 0) is 22.7 Å². The van der Waals surface area contributed by atoms with E-state index in [9.17, 15) is 9.59 Å². The number of fused-ring (bicyclic) bond motifs is 2. The first-order valence-corrected chi connectivity index (χ1v) is 13.1. The second kappa shape index (κ2) is 11.0. The quantitative estimate of drug-likeness (QED) is 0.340. The lowest BCUT2D eigenvalue weighted by Gasteiger charge is -2.37. The van der Waals surface area contributed by atoms with Crippen molar-refractivity contribution in [3.63, 3.8) is 0 Å². The Kier molecular flexibility index (Phi) is 6.95. The van der Waals surface area contributed by atoms with Crippen LogP contribution in [-0.4, -0.2) is 44.5 Å². The average Bonchev–Trinajstić information content (AvgIpc) is 3.61. The van der Waals surface area contributed by atoms with Crippen LogP contribution in [0.15, 0.2) is 84.9 Å². The van der Waals surface area contributed by atoms with Crippen LogP contribution in [0.1, 0.15) is 24.8 Å². The van der Waals surface area contributed by atoms with Gasteiger partial charge in [-0.1, -0.05) is 59.8 Å². The van der Waals surface area contributed by atoms with E-state index in [1.807, 2.05) is 54.6 Å². The molecular formula is C30H29N5O4. The highest BCUT2D eigenvalue weighted by Crippen LogP contribution is 2.35. The third kappa shape index (κ3) is 5.34. The van der Waals surface area contributed by atoms with Crippen molar-refractivity contribution in [3.8, 4) is 11.5 Å². The maximum absolute atomic E-state index is 14.1. The first-order valence-electron chi connectivity index (χ1n) is 13.1. The number of amides is 2. The van der Waals surface area contributed by atoms with Crippen LogP contribution in [0, 0.1) is 5.92 Å². The molecule has 0 saturated carbocycles. The fraction of sp³-hybridized carbons (Fsp3) is 0.267. The molecule has 0 spiro atoms. The van der Waals surface area contributed by atoms with E-state index in [0.717, 1.165) is 29.4 Å². The van der Waals surface area contributed by atoms with Crippen molar-refractivity contribution in [2.45, 2.75) is 38.4 Å². The number of rotatable bonds is 8. The van der Waals surface area contributed by atoms with Gasteiger partial charge in [-0.25, -0.2) is 4.68 Å². The summed E-state index contributed by atoms with van der Waals surface area (Å²) < 4.78 is 12.5. The maximum Gasteiger partial charge on any atom is 0.247 e. The molecule has 2 amide bonds. The molecule has 1 aliphatic heterocycles. The molecule has 9 nitrogen and oxygen atoms in total. The molecule has 6 rings (SSSR count). The summed E-state index contributed by atoms with van der Waals surface area (Å²) >= 11 is 0. The van der Waals surface area contributed by atoms with Gasteiger partial charge in [-0.2, -0.15) is 0 Å². The Morgan fingerprint density at radius 3 is 2.67 bits per heavy atom. The minimum absolute atomic E-state index is 0.0241. The number of benzene rings is 3. The molecule has 198 valence electrons. The van der Waals surface area contributed by atoms with Crippen molar-refractivity contribution >= 4 is 28.5 Å². The first-order chi connectivity index (χ1) is 19.2. The summed E-state index contributed by atoms with van der Waals surface area (Å²) in [6, 6.07) is 21.9. The van der Waals surface area contributed by atoms with Gasteiger partial charge in [0.15, 0.2) is 11.5 Å². The fourth-order valence-electron chi connectivity index (χ4n) is 5.28.